The van der Waals surface area contributed by atoms with Crippen molar-refractivity contribution < 1.29 is 18.0 Å². The molecule has 1 saturated heterocycles. The van der Waals surface area contributed by atoms with Gasteiger partial charge in [0.2, 0.25) is 5.91 Å². The Labute approximate surface area is 138 Å². The van der Waals surface area contributed by atoms with Crippen molar-refractivity contribution in [3.63, 3.8) is 0 Å². The zero-order valence-electron chi connectivity index (χ0n) is 13.1. The third-order valence-electron chi connectivity index (χ3n) is 4.74. The van der Waals surface area contributed by atoms with Gasteiger partial charge in [0.05, 0.1) is 6.26 Å². The largest absolute Gasteiger partial charge is 0.469 e. The fourth-order valence-electron chi connectivity index (χ4n) is 3.42. The van der Waals surface area contributed by atoms with E-state index in [1.807, 2.05) is 6.07 Å². The van der Waals surface area contributed by atoms with Crippen molar-refractivity contribution in [3.05, 3.63) is 47.9 Å². The van der Waals surface area contributed by atoms with Crippen LogP contribution in [0.2, 0.25) is 0 Å². The standard InChI is InChI=1S/C18H18F2N2O2/c19-14-8-11(9-15(20)17(14)22-5-1-2-6-22)21-18(23)13-10-12(13)16-4-3-7-24-16/h3-4,7-9,12-13H,1-2,5-6,10H2,(H,21,23)/t12-,13+/m0/s1. The first kappa shape index (κ1) is 15.2. The van der Waals surface area contributed by atoms with Gasteiger partial charge >= 0.3 is 0 Å². The number of hydrogen-bond acceptors (Lipinski definition) is 3. The van der Waals surface area contributed by atoms with Crippen LogP contribution >= 0.6 is 0 Å². The van der Waals surface area contributed by atoms with Crippen molar-refractivity contribution in [2.24, 2.45) is 5.92 Å². The molecule has 1 aliphatic heterocycles. The van der Waals surface area contributed by atoms with Gasteiger partial charge in [-0.2, -0.15) is 0 Å². The summed E-state index contributed by atoms with van der Waals surface area (Å²) in [7, 11) is 0. The Hall–Kier alpha value is -2.37. The predicted octanol–water partition coefficient (Wildman–Crippen LogP) is 3.90. The maximum atomic E-state index is 14.3. The predicted molar refractivity (Wildman–Crippen MR) is 86.0 cm³/mol. The second-order valence-electron chi connectivity index (χ2n) is 6.44. The molecule has 2 aliphatic rings. The van der Waals surface area contributed by atoms with Gasteiger partial charge in [-0.05, 0) is 43.5 Å². The summed E-state index contributed by atoms with van der Waals surface area (Å²) in [5.41, 5.74) is 0.161. The highest BCUT2D eigenvalue weighted by Crippen LogP contribution is 2.48. The minimum absolute atomic E-state index is 0.00498. The zero-order valence-corrected chi connectivity index (χ0v) is 13.1. The minimum Gasteiger partial charge on any atom is -0.469 e. The molecule has 0 bridgehead atoms. The number of carbonyl (C=O) groups excluding carboxylic acids is 1. The molecule has 2 heterocycles. The van der Waals surface area contributed by atoms with E-state index in [0.29, 0.717) is 19.5 Å². The highest BCUT2D eigenvalue weighted by atomic mass is 19.1. The number of halogens is 2. The lowest BCUT2D eigenvalue weighted by Crippen LogP contribution is -2.21. The Morgan fingerprint density at radius 1 is 1.21 bits per heavy atom. The number of nitrogens with one attached hydrogen (secondary N) is 1. The molecular formula is C18H18F2N2O2. The molecule has 2 atom stereocenters. The number of nitrogens with zero attached hydrogens (tertiary/aromatic N) is 1. The molecule has 1 N–H and O–H groups in total. The Bertz CT molecular complexity index is 731. The van der Waals surface area contributed by atoms with E-state index >= 15 is 0 Å². The number of carbonyl (C=O) groups is 1. The number of hydrogen-bond donors (Lipinski definition) is 1. The molecule has 1 aromatic carbocycles. The van der Waals surface area contributed by atoms with Gasteiger partial charge in [-0.15, -0.1) is 0 Å². The molecule has 4 nitrogen and oxygen atoms in total. The summed E-state index contributed by atoms with van der Waals surface area (Å²) in [6.45, 7) is 1.32. The van der Waals surface area contributed by atoms with E-state index < -0.39 is 11.6 Å². The van der Waals surface area contributed by atoms with Gasteiger partial charge in [-0.3, -0.25) is 4.79 Å². The maximum absolute atomic E-state index is 14.3. The average Bonchev–Trinajstić information content (AvgIpc) is 2.95. The number of rotatable bonds is 4. The Balaban J connectivity index is 1.46. The smallest absolute Gasteiger partial charge is 0.228 e. The van der Waals surface area contributed by atoms with Crippen molar-refractivity contribution in [1.29, 1.82) is 0 Å². The quantitative estimate of drug-likeness (QED) is 0.923. The summed E-state index contributed by atoms with van der Waals surface area (Å²) in [6, 6.07) is 6.00. The Kier molecular flexibility index (Phi) is 3.75. The normalized spacial score (nSPS) is 22.7. The maximum Gasteiger partial charge on any atom is 0.228 e. The van der Waals surface area contributed by atoms with E-state index in [-0.39, 0.29) is 29.1 Å². The van der Waals surface area contributed by atoms with Crippen molar-refractivity contribution in [2.75, 3.05) is 23.3 Å². The third-order valence-corrected chi connectivity index (χ3v) is 4.74. The second kappa shape index (κ2) is 5.92. The van der Waals surface area contributed by atoms with E-state index in [2.05, 4.69) is 5.32 Å². The molecule has 0 spiro atoms. The molecule has 1 aliphatic carbocycles. The van der Waals surface area contributed by atoms with Gasteiger partial charge in [-0.1, -0.05) is 0 Å². The van der Waals surface area contributed by atoms with Crippen LogP contribution in [0.4, 0.5) is 20.2 Å². The molecule has 1 amide bonds. The van der Waals surface area contributed by atoms with Crippen molar-refractivity contribution >= 4 is 17.3 Å². The third kappa shape index (κ3) is 2.77. The van der Waals surface area contributed by atoms with E-state index in [9.17, 15) is 13.6 Å². The number of anilines is 2. The summed E-state index contributed by atoms with van der Waals surface area (Å²) in [4.78, 5) is 13.9. The van der Waals surface area contributed by atoms with Gasteiger partial charge in [0, 0.05) is 30.6 Å². The van der Waals surface area contributed by atoms with Crippen LogP contribution in [-0.4, -0.2) is 19.0 Å². The molecule has 1 aromatic heterocycles. The Morgan fingerprint density at radius 2 is 1.92 bits per heavy atom. The van der Waals surface area contributed by atoms with E-state index in [1.54, 1.807) is 17.2 Å². The van der Waals surface area contributed by atoms with E-state index in [0.717, 1.165) is 18.6 Å². The van der Waals surface area contributed by atoms with E-state index in [4.69, 9.17) is 4.42 Å². The molecule has 0 unspecified atom stereocenters. The monoisotopic (exact) mass is 332 g/mol. The van der Waals surface area contributed by atoms with Crippen LogP contribution in [0.1, 0.15) is 30.9 Å². The van der Waals surface area contributed by atoms with Crippen LogP contribution in [0, 0.1) is 17.6 Å². The number of benzene rings is 1. The summed E-state index contributed by atoms with van der Waals surface area (Å²) >= 11 is 0. The topological polar surface area (TPSA) is 45.5 Å². The molecule has 24 heavy (non-hydrogen) atoms. The van der Waals surface area contributed by atoms with Crippen LogP contribution in [0.5, 0.6) is 0 Å². The van der Waals surface area contributed by atoms with Crippen molar-refractivity contribution in [2.45, 2.75) is 25.2 Å². The van der Waals surface area contributed by atoms with Gasteiger partial charge in [0.1, 0.15) is 11.4 Å². The fourth-order valence-corrected chi connectivity index (χ4v) is 3.42. The average molecular weight is 332 g/mol. The Morgan fingerprint density at radius 3 is 2.54 bits per heavy atom. The first-order valence-electron chi connectivity index (χ1n) is 8.22. The lowest BCUT2D eigenvalue weighted by molar-refractivity contribution is -0.117. The SMILES string of the molecule is O=C(Nc1cc(F)c(N2CCCC2)c(F)c1)[C@@H]1C[C@@H]1c1ccco1. The highest BCUT2D eigenvalue weighted by molar-refractivity contribution is 5.95. The number of amides is 1. The van der Waals surface area contributed by atoms with Crippen LogP contribution < -0.4 is 10.2 Å². The van der Waals surface area contributed by atoms with Gasteiger partial charge in [0.15, 0.2) is 11.6 Å². The summed E-state index contributed by atoms with van der Waals surface area (Å²) in [6.07, 6.45) is 4.14. The number of furan rings is 1. The van der Waals surface area contributed by atoms with Crippen molar-refractivity contribution in [1.82, 2.24) is 0 Å². The molecule has 126 valence electrons. The van der Waals surface area contributed by atoms with Crippen LogP contribution in [-0.2, 0) is 4.79 Å². The van der Waals surface area contributed by atoms with Crippen LogP contribution in [0.25, 0.3) is 0 Å². The molecule has 4 rings (SSSR count). The summed E-state index contributed by atoms with van der Waals surface area (Å²) in [5, 5.41) is 2.62. The van der Waals surface area contributed by atoms with Crippen molar-refractivity contribution in [3.8, 4) is 0 Å². The van der Waals surface area contributed by atoms with Gasteiger partial charge < -0.3 is 14.6 Å². The van der Waals surface area contributed by atoms with Crippen LogP contribution in [0.15, 0.2) is 34.9 Å². The zero-order chi connectivity index (χ0) is 16.7. The van der Waals surface area contributed by atoms with E-state index in [1.165, 1.54) is 12.1 Å². The highest BCUT2D eigenvalue weighted by Gasteiger charge is 2.45. The summed E-state index contributed by atoms with van der Waals surface area (Å²) < 4.78 is 33.9. The van der Waals surface area contributed by atoms with Crippen LogP contribution in [0.3, 0.4) is 0 Å². The lowest BCUT2D eigenvalue weighted by Gasteiger charge is -2.19. The second-order valence-corrected chi connectivity index (χ2v) is 6.44. The van der Waals surface area contributed by atoms with Gasteiger partial charge in [0.25, 0.3) is 0 Å². The van der Waals surface area contributed by atoms with Gasteiger partial charge in [-0.25, -0.2) is 8.78 Å². The lowest BCUT2D eigenvalue weighted by atomic mass is 10.2. The molecule has 6 heteroatoms. The molecule has 2 fully saturated rings. The minimum atomic E-state index is -0.634. The molecular weight excluding hydrogens is 314 g/mol. The molecule has 1 saturated carbocycles. The fraction of sp³-hybridized carbons (Fsp3) is 0.389. The molecule has 0 radical (unpaired) electrons. The first-order valence-corrected chi connectivity index (χ1v) is 8.22. The molecule has 2 aromatic rings. The first-order chi connectivity index (χ1) is 11.6. The summed E-state index contributed by atoms with van der Waals surface area (Å²) in [5.74, 6) is -0.878.